The number of aromatic nitrogens is 3. The molecule has 0 saturated heterocycles. The van der Waals surface area contributed by atoms with E-state index in [0.29, 0.717) is 5.82 Å². The molecule has 3 nitrogen and oxygen atoms in total. The van der Waals surface area contributed by atoms with Crippen LogP contribution in [0.15, 0.2) is 24.3 Å². The van der Waals surface area contributed by atoms with E-state index in [1.807, 2.05) is 13.8 Å². The second-order valence-corrected chi connectivity index (χ2v) is 4.42. The molecular weight excluding hydrogens is 229 g/mol. The molecule has 2 aromatic rings. The van der Waals surface area contributed by atoms with Crippen molar-refractivity contribution in [3.63, 3.8) is 0 Å². The maximum atomic E-state index is 12.8. The normalized spacial score (nSPS) is 11.8. The van der Waals surface area contributed by atoms with Crippen LogP contribution in [-0.2, 0) is 5.41 Å². The summed E-state index contributed by atoms with van der Waals surface area (Å²) in [4.78, 5) is 4.09. The van der Waals surface area contributed by atoms with Crippen LogP contribution in [0.3, 0.4) is 0 Å². The third kappa shape index (κ3) is 1.93. The number of hydrogen-bond donors (Lipinski definition) is 1. The van der Waals surface area contributed by atoms with E-state index in [0.717, 1.165) is 5.56 Å². The minimum atomic E-state index is -0.381. The zero-order valence-electron chi connectivity index (χ0n) is 8.96. The quantitative estimate of drug-likeness (QED) is 0.876. The molecule has 5 heteroatoms. The van der Waals surface area contributed by atoms with Crippen LogP contribution < -0.4 is 0 Å². The first-order valence-corrected chi connectivity index (χ1v) is 5.22. The van der Waals surface area contributed by atoms with E-state index in [4.69, 9.17) is 11.6 Å². The second kappa shape index (κ2) is 3.87. The lowest BCUT2D eigenvalue weighted by Crippen LogP contribution is -2.20. The van der Waals surface area contributed by atoms with Gasteiger partial charge < -0.3 is 0 Å². The average molecular weight is 240 g/mol. The summed E-state index contributed by atoms with van der Waals surface area (Å²) in [5.74, 6) is 0.402. The van der Waals surface area contributed by atoms with Crippen molar-refractivity contribution in [3.05, 3.63) is 46.8 Å². The van der Waals surface area contributed by atoms with E-state index in [9.17, 15) is 4.39 Å². The Labute approximate surface area is 97.7 Å². The maximum Gasteiger partial charge on any atom is 0.242 e. The second-order valence-electron chi connectivity index (χ2n) is 4.08. The number of aromatic amines is 1. The molecule has 1 N–H and O–H groups in total. The summed E-state index contributed by atoms with van der Waals surface area (Å²) >= 11 is 5.67. The van der Waals surface area contributed by atoms with Crippen molar-refractivity contribution < 1.29 is 4.39 Å². The molecular formula is C11H11ClFN3. The number of nitrogens with zero attached hydrogens (tertiary/aromatic N) is 2. The largest absolute Gasteiger partial charge is 0.261 e. The third-order valence-electron chi connectivity index (χ3n) is 2.62. The van der Waals surface area contributed by atoms with E-state index in [1.165, 1.54) is 12.1 Å². The molecule has 0 aliphatic carbocycles. The van der Waals surface area contributed by atoms with E-state index in [2.05, 4.69) is 15.2 Å². The zero-order valence-corrected chi connectivity index (χ0v) is 9.72. The fourth-order valence-electron chi connectivity index (χ4n) is 1.52. The smallest absolute Gasteiger partial charge is 0.242 e. The SMILES string of the molecule is CC(C)(c1ccc(F)cc1)c1nc(Cl)n[nH]1. The van der Waals surface area contributed by atoms with Crippen LogP contribution >= 0.6 is 11.6 Å². The molecule has 0 aliphatic rings. The first-order valence-electron chi connectivity index (χ1n) is 4.84. The van der Waals surface area contributed by atoms with Gasteiger partial charge in [0.1, 0.15) is 11.6 Å². The molecule has 16 heavy (non-hydrogen) atoms. The van der Waals surface area contributed by atoms with Gasteiger partial charge in [0.2, 0.25) is 5.28 Å². The summed E-state index contributed by atoms with van der Waals surface area (Å²) < 4.78 is 12.8. The summed E-state index contributed by atoms with van der Waals surface area (Å²) in [5, 5.41) is 6.74. The zero-order chi connectivity index (χ0) is 11.8. The number of nitrogens with one attached hydrogen (secondary N) is 1. The van der Waals surface area contributed by atoms with Gasteiger partial charge in [-0.15, -0.1) is 5.10 Å². The van der Waals surface area contributed by atoms with Crippen LogP contribution in [0.25, 0.3) is 0 Å². The van der Waals surface area contributed by atoms with Crippen molar-refractivity contribution in [3.8, 4) is 0 Å². The topological polar surface area (TPSA) is 41.6 Å². The minimum absolute atomic E-state index is 0.185. The van der Waals surface area contributed by atoms with E-state index >= 15 is 0 Å². The lowest BCUT2D eigenvalue weighted by molar-refractivity contribution is 0.586. The number of halogens is 2. The predicted octanol–water partition coefficient (Wildman–Crippen LogP) is 2.92. The molecule has 1 heterocycles. The highest BCUT2D eigenvalue weighted by Gasteiger charge is 2.26. The fraction of sp³-hybridized carbons (Fsp3) is 0.273. The average Bonchev–Trinajstić information content (AvgIpc) is 2.66. The molecule has 0 aliphatic heterocycles. The molecule has 0 unspecified atom stereocenters. The molecule has 0 spiro atoms. The lowest BCUT2D eigenvalue weighted by atomic mass is 9.84. The Morgan fingerprint density at radius 3 is 2.38 bits per heavy atom. The maximum absolute atomic E-state index is 12.8. The van der Waals surface area contributed by atoms with Crippen molar-refractivity contribution in [1.29, 1.82) is 0 Å². The fourth-order valence-corrected chi connectivity index (χ4v) is 1.65. The van der Waals surface area contributed by atoms with Crippen LogP contribution in [0, 0.1) is 5.82 Å². The standard InChI is InChI=1S/C11H11ClFN3/c1-11(2,9-14-10(12)16-15-9)7-3-5-8(13)6-4-7/h3-6H,1-2H3,(H,14,15,16). The van der Waals surface area contributed by atoms with Crippen LogP contribution in [0.1, 0.15) is 25.2 Å². The van der Waals surface area contributed by atoms with Gasteiger partial charge in [0.25, 0.3) is 0 Å². The predicted molar refractivity (Wildman–Crippen MR) is 59.9 cm³/mol. The molecule has 0 atom stereocenters. The Hall–Kier alpha value is -1.42. The molecule has 1 aromatic heterocycles. The summed E-state index contributed by atoms with van der Waals surface area (Å²) in [6.45, 7) is 3.94. The van der Waals surface area contributed by atoms with Crippen LogP contribution in [0.4, 0.5) is 4.39 Å². The summed E-state index contributed by atoms with van der Waals surface area (Å²) in [5.41, 5.74) is 0.565. The van der Waals surface area contributed by atoms with Gasteiger partial charge in [-0.2, -0.15) is 0 Å². The highest BCUT2D eigenvalue weighted by Crippen LogP contribution is 2.29. The van der Waals surface area contributed by atoms with Crippen LogP contribution in [0.5, 0.6) is 0 Å². The lowest BCUT2D eigenvalue weighted by Gasteiger charge is -2.21. The monoisotopic (exact) mass is 239 g/mol. The molecule has 0 fully saturated rings. The van der Waals surface area contributed by atoms with E-state index in [-0.39, 0.29) is 16.5 Å². The first-order chi connectivity index (χ1) is 7.50. The van der Waals surface area contributed by atoms with Gasteiger partial charge in [0.05, 0.1) is 0 Å². The number of rotatable bonds is 2. The highest BCUT2D eigenvalue weighted by molar-refractivity contribution is 6.28. The minimum Gasteiger partial charge on any atom is -0.261 e. The van der Waals surface area contributed by atoms with Gasteiger partial charge in [-0.3, -0.25) is 5.10 Å². The first kappa shape index (κ1) is 11.1. The van der Waals surface area contributed by atoms with Gasteiger partial charge in [0, 0.05) is 5.41 Å². The summed E-state index contributed by atoms with van der Waals surface area (Å²) in [7, 11) is 0. The van der Waals surface area contributed by atoms with Crippen molar-refractivity contribution in [2.45, 2.75) is 19.3 Å². The van der Waals surface area contributed by atoms with Gasteiger partial charge in [-0.05, 0) is 43.1 Å². The van der Waals surface area contributed by atoms with Crippen molar-refractivity contribution >= 4 is 11.6 Å². The van der Waals surface area contributed by atoms with Gasteiger partial charge in [-0.25, -0.2) is 9.37 Å². The van der Waals surface area contributed by atoms with E-state index < -0.39 is 0 Å². The molecule has 0 amide bonds. The Morgan fingerprint density at radius 1 is 1.25 bits per heavy atom. The Morgan fingerprint density at radius 2 is 1.88 bits per heavy atom. The van der Waals surface area contributed by atoms with Crippen LogP contribution in [0.2, 0.25) is 5.28 Å². The Balaban J connectivity index is 2.42. The van der Waals surface area contributed by atoms with Crippen molar-refractivity contribution in [2.24, 2.45) is 0 Å². The van der Waals surface area contributed by atoms with Crippen LogP contribution in [-0.4, -0.2) is 15.2 Å². The molecule has 2 rings (SSSR count). The number of H-pyrrole nitrogens is 1. The number of hydrogen-bond acceptors (Lipinski definition) is 2. The van der Waals surface area contributed by atoms with Gasteiger partial charge >= 0.3 is 0 Å². The molecule has 0 saturated carbocycles. The van der Waals surface area contributed by atoms with Crippen molar-refractivity contribution in [2.75, 3.05) is 0 Å². The Kier molecular flexibility index (Phi) is 2.68. The molecule has 0 bridgehead atoms. The number of benzene rings is 1. The third-order valence-corrected chi connectivity index (χ3v) is 2.79. The Bertz CT molecular complexity index is 490. The molecule has 84 valence electrons. The van der Waals surface area contributed by atoms with E-state index in [1.54, 1.807) is 12.1 Å². The molecule has 0 radical (unpaired) electrons. The molecule has 1 aromatic carbocycles. The summed E-state index contributed by atoms with van der Waals surface area (Å²) in [6, 6.07) is 6.31. The van der Waals surface area contributed by atoms with Crippen molar-refractivity contribution in [1.82, 2.24) is 15.2 Å². The highest BCUT2D eigenvalue weighted by atomic mass is 35.5. The van der Waals surface area contributed by atoms with Gasteiger partial charge in [0.15, 0.2) is 0 Å². The summed E-state index contributed by atoms with van der Waals surface area (Å²) in [6.07, 6.45) is 0. The van der Waals surface area contributed by atoms with Gasteiger partial charge in [-0.1, -0.05) is 12.1 Å².